The molecule has 0 spiro atoms. The van der Waals surface area contributed by atoms with Crippen molar-refractivity contribution in [2.45, 2.75) is 0 Å². The van der Waals surface area contributed by atoms with Crippen molar-refractivity contribution in [1.82, 2.24) is 4.98 Å². The minimum absolute atomic E-state index is 0.0403. The fourth-order valence-electron chi connectivity index (χ4n) is 1.30. The Bertz CT molecular complexity index is 532. The summed E-state index contributed by atoms with van der Waals surface area (Å²) in [5, 5.41) is 2.88. The number of anilines is 1. The molecule has 3 nitrogen and oxygen atoms in total. The summed E-state index contributed by atoms with van der Waals surface area (Å²) in [5.41, 5.74) is 0.741. The van der Waals surface area contributed by atoms with Crippen LogP contribution in [0.25, 0.3) is 0 Å². The molecule has 1 aromatic heterocycles. The number of halogens is 2. The molecule has 0 atom stereocenters. The second kappa shape index (κ2) is 4.78. The van der Waals surface area contributed by atoms with Gasteiger partial charge in [0.2, 0.25) is 0 Å². The predicted molar refractivity (Wildman–Crippen MR) is 60.2 cm³/mol. The molecule has 0 aliphatic carbocycles. The molecule has 1 heterocycles. The zero-order valence-corrected chi connectivity index (χ0v) is 9.08. The van der Waals surface area contributed by atoms with Gasteiger partial charge in [-0.3, -0.25) is 4.98 Å². The van der Waals surface area contributed by atoms with Gasteiger partial charge < -0.3 is 10.1 Å². The van der Waals surface area contributed by atoms with Crippen LogP contribution in [-0.2, 0) is 0 Å². The van der Waals surface area contributed by atoms with Crippen molar-refractivity contribution in [1.29, 1.82) is 0 Å². The first kappa shape index (κ1) is 11.3. The van der Waals surface area contributed by atoms with Crippen LogP contribution in [0.3, 0.4) is 0 Å². The average molecular weight is 236 g/mol. The van der Waals surface area contributed by atoms with Gasteiger partial charge in [0, 0.05) is 19.2 Å². The quantitative estimate of drug-likeness (QED) is 0.888. The number of aromatic nitrogens is 1. The lowest BCUT2D eigenvalue weighted by Gasteiger charge is -2.07. The van der Waals surface area contributed by atoms with E-state index in [9.17, 15) is 8.78 Å². The summed E-state index contributed by atoms with van der Waals surface area (Å²) in [7, 11) is 1.74. The molecule has 2 aromatic rings. The van der Waals surface area contributed by atoms with Gasteiger partial charge in [-0.2, -0.15) is 0 Å². The van der Waals surface area contributed by atoms with E-state index in [0.29, 0.717) is 5.75 Å². The third-order valence-electron chi connectivity index (χ3n) is 2.12. The Morgan fingerprint density at radius 3 is 2.71 bits per heavy atom. The summed E-state index contributed by atoms with van der Waals surface area (Å²) >= 11 is 0. The lowest BCUT2D eigenvalue weighted by atomic mass is 10.3. The number of pyridine rings is 1. The van der Waals surface area contributed by atoms with Crippen LogP contribution in [0.15, 0.2) is 36.7 Å². The van der Waals surface area contributed by atoms with Gasteiger partial charge in [-0.25, -0.2) is 8.78 Å². The molecule has 0 unspecified atom stereocenters. The maximum Gasteiger partial charge on any atom is 0.168 e. The van der Waals surface area contributed by atoms with E-state index in [4.69, 9.17) is 4.74 Å². The second-order valence-corrected chi connectivity index (χ2v) is 3.34. The maximum atomic E-state index is 13.3. The Kier molecular flexibility index (Phi) is 3.18. The van der Waals surface area contributed by atoms with Crippen LogP contribution in [0.2, 0.25) is 0 Å². The van der Waals surface area contributed by atoms with Crippen LogP contribution in [-0.4, -0.2) is 12.0 Å². The van der Waals surface area contributed by atoms with Crippen LogP contribution in [0.4, 0.5) is 14.5 Å². The van der Waals surface area contributed by atoms with Crippen LogP contribution in [0.5, 0.6) is 11.5 Å². The Morgan fingerprint density at radius 2 is 2.00 bits per heavy atom. The fraction of sp³-hybridized carbons (Fsp3) is 0.0833. The molecule has 0 fully saturated rings. The number of nitrogens with one attached hydrogen (secondary N) is 1. The molecular weight excluding hydrogens is 226 g/mol. The minimum atomic E-state index is -0.750. The average Bonchev–Trinajstić information content (AvgIpc) is 2.33. The molecule has 17 heavy (non-hydrogen) atoms. The molecule has 0 aliphatic rings. The number of hydrogen-bond donors (Lipinski definition) is 1. The highest BCUT2D eigenvalue weighted by Crippen LogP contribution is 2.25. The molecule has 88 valence electrons. The van der Waals surface area contributed by atoms with Gasteiger partial charge in [0.05, 0.1) is 18.1 Å². The molecule has 0 saturated carbocycles. The lowest BCUT2D eigenvalue weighted by Crippen LogP contribution is -1.93. The van der Waals surface area contributed by atoms with E-state index < -0.39 is 11.6 Å². The molecule has 0 aliphatic heterocycles. The van der Waals surface area contributed by atoms with E-state index in [-0.39, 0.29) is 5.75 Å². The van der Waals surface area contributed by atoms with Crippen LogP contribution in [0.1, 0.15) is 0 Å². The molecule has 0 amide bonds. The van der Waals surface area contributed by atoms with Gasteiger partial charge in [-0.15, -0.1) is 0 Å². The van der Waals surface area contributed by atoms with Crippen molar-refractivity contribution >= 4 is 5.69 Å². The van der Waals surface area contributed by atoms with E-state index in [1.165, 1.54) is 12.3 Å². The summed E-state index contributed by atoms with van der Waals surface area (Å²) < 4.78 is 31.3. The highest BCUT2D eigenvalue weighted by Gasteiger charge is 2.06. The van der Waals surface area contributed by atoms with Gasteiger partial charge >= 0.3 is 0 Å². The standard InChI is InChI=1S/C12H10F2N2O/c1-15-9-5-10(7-16-6-9)17-12-3-2-8(13)4-11(12)14/h2-7,15H,1H3. The van der Waals surface area contributed by atoms with Gasteiger partial charge in [0.1, 0.15) is 11.6 Å². The minimum Gasteiger partial charge on any atom is -0.453 e. The van der Waals surface area contributed by atoms with E-state index in [1.54, 1.807) is 19.3 Å². The molecule has 0 saturated heterocycles. The molecule has 5 heteroatoms. The molecule has 0 radical (unpaired) electrons. The van der Waals surface area contributed by atoms with Crippen molar-refractivity contribution in [3.05, 3.63) is 48.3 Å². The number of hydrogen-bond acceptors (Lipinski definition) is 3. The van der Waals surface area contributed by atoms with Gasteiger partial charge in [-0.05, 0) is 12.1 Å². The first-order chi connectivity index (χ1) is 8.19. The summed E-state index contributed by atoms with van der Waals surface area (Å²) in [6, 6.07) is 4.80. The van der Waals surface area contributed by atoms with Crippen LogP contribution >= 0.6 is 0 Å². The number of nitrogens with zero attached hydrogens (tertiary/aromatic N) is 1. The number of rotatable bonds is 3. The zero-order chi connectivity index (χ0) is 12.3. The largest absolute Gasteiger partial charge is 0.453 e. The number of benzene rings is 1. The topological polar surface area (TPSA) is 34.2 Å². The highest BCUT2D eigenvalue weighted by molar-refractivity contribution is 5.45. The van der Waals surface area contributed by atoms with Crippen molar-refractivity contribution < 1.29 is 13.5 Å². The maximum absolute atomic E-state index is 13.3. The highest BCUT2D eigenvalue weighted by atomic mass is 19.1. The molecule has 1 N–H and O–H groups in total. The van der Waals surface area contributed by atoms with Gasteiger partial charge in [0.15, 0.2) is 11.6 Å². The molecular formula is C12H10F2N2O. The smallest absolute Gasteiger partial charge is 0.168 e. The number of ether oxygens (including phenoxy) is 1. The molecule has 2 rings (SSSR count). The Balaban J connectivity index is 2.25. The zero-order valence-electron chi connectivity index (χ0n) is 9.08. The van der Waals surface area contributed by atoms with E-state index in [0.717, 1.165) is 17.8 Å². The summed E-state index contributed by atoms with van der Waals surface area (Å²) in [6.07, 6.45) is 3.05. The van der Waals surface area contributed by atoms with E-state index in [2.05, 4.69) is 10.3 Å². The van der Waals surface area contributed by atoms with E-state index in [1.807, 2.05) is 0 Å². The first-order valence-electron chi connectivity index (χ1n) is 4.95. The third-order valence-corrected chi connectivity index (χ3v) is 2.12. The summed E-state index contributed by atoms with van der Waals surface area (Å²) in [5.74, 6) is -1.05. The van der Waals surface area contributed by atoms with Crippen LogP contribution in [0, 0.1) is 11.6 Å². The summed E-state index contributed by atoms with van der Waals surface area (Å²) in [4.78, 5) is 3.91. The van der Waals surface area contributed by atoms with Crippen LogP contribution < -0.4 is 10.1 Å². The van der Waals surface area contributed by atoms with Crippen molar-refractivity contribution in [3.63, 3.8) is 0 Å². The first-order valence-corrected chi connectivity index (χ1v) is 4.95. The Morgan fingerprint density at radius 1 is 1.18 bits per heavy atom. The SMILES string of the molecule is CNc1cncc(Oc2ccc(F)cc2F)c1. The third kappa shape index (κ3) is 2.69. The predicted octanol–water partition coefficient (Wildman–Crippen LogP) is 3.19. The van der Waals surface area contributed by atoms with Crippen molar-refractivity contribution in [3.8, 4) is 11.5 Å². The van der Waals surface area contributed by atoms with Gasteiger partial charge in [0.25, 0.3) is 0 Å². The van der Waals surface area contributed by atoms with Gasteiger partial charge in [-0.1, -0.05) is 0 Å². The van der Waals surface area contributed by atoms with Crippen molar-refractivity contribution in [2.24, 2.45) is 0 Å². The molecule has 1 aromatic carbocycles. The van der Waals surface area contributed by atoms with E-state index >= 15 is 0 Å². The Labute approximate surface area is 97.1 Å². The summed E-state index contributed by atoms with van der Waals surface area (Å²) in [6.45, 7) is 0. The second-order valence-electron chi connectivity index (χ2n) is 3.34. The Hall–Kier alpha value is -2.17. The fourth-order valence-corrected chi connectivity index (χ4v) is 1.30. The molecule has 0 bridgehead atoms. The van der Waals surface area contributed by atoms with Crippen molar-refractivity contribution in [2.75, 3.05) is 12.4 Å². The normalized spacial score (nSPS) is 10.1. The monoisotopic (exact) mass is 236 g/mol. The lowest BCUT2D eigenvalue weighted by molar-refractivity contribution is 0.436.